The fourth-order valence-electron chi connectivity index (χ4n) is 1.96. The van der Waals surface area contributed by atoms with Crippen molar-refractivity contribution in [1.29, 1.82) is 0 Å². The summed E-state index contributed by atoms with van der Waals surface area (Å²) in [4.78, 5) is 10.4. The molecular formula is C14H15F2N3O2. The number of aliphatic carboxylic acids is 1. The first kappa shape index (κ1) is 15.1. The van der Waals surface area contributed by atoms with Crippen LogP contribution in [0.3, 0.4) is 0 Å². The number of aromatic nitrogens is 3. The summed E-state index contributed by atoms with van der Waals surface area (Å²) < 4.78 is 28.8. The van der Waals surface area contributed by atoms with Gasteiger partial charge in [-0.3, -0.25) is 4.79 Å². The Morgan fingerprint density at radius 1 is 1.33 bits per heavy atom. The molecule has 0 atom stereocenters. The van der Waals surface area contributed by atoms with Crippen LogP contribution >= 0.6 is 0 Å². The number of benzene rings is 1. The lowest BCUT2D eigenvalue weighted by Crippen LogP contribution is -2.04. The topological polar surface area (TPSA) is 68.0 Å². The SMILES string of the molecule is Cc1ccc(F)c(-n2cc(CCCCC(=O)O)nn2)c1F. The van der Waals surface area contributed by atoms with Crippen molar-refractivity contribution in [3.63, 3.8) is 0 Å². The maximum absolute atomic E-state index is 14.0. The Morgan fingerprint density at radius 3 is 2.81 bits per heavy atom. The van der Waals surface area contributed by atoms with E-state index in [-0.39, 0.29) is 12.1 Å². The Balaban J connectivity index is 2.10. The molecule has 1 aromatic heterocycles. The molecule has 0 aliphatic heterocycles. The summed E-state index contributed by atoms with van der Waals surface area (Å²) >= 11 is 0. The molecule has 112 valence electrons. The molecule has 0 spiro atoms. The van der Waals surface area contributed by atoms with Crippen LogP contribution in [0.5, 0.6) is 0 Å². The van der Waals surface area contributed by atoms with E-state index in [1.54, 1.807) is 6.92 Å². The lowest BCUT2D eigenvalue weighted by Gasteiger charge is -2.05. The van der Waals surface area contributed by atoms with E-state index < -0.39 is 17.6 Å². The third kappa shape index (κ3) is 3.62. The second kappa shape index (κ2) is 6.43. The standard InChI is InChI=1S/C14H15F2N3O2/c1-9-6-7-11(15)14(13(9)16)19-8-10(17-18-19)4-2-3-5-12(20)21/h6-8H,2-5H2,1H3,(H,20,21). The van der Waals surface area contributed by atoms with Crippen LogP contribution in [0.25, 0.3) is 5.69 Å². The van der Waals surface area contributed by atoms with Gasteiger partial charge < -0.3 is 5.11 Å². The molecule has 5 nitrogen and oxygen atoms in total. The largest absolute Gasteiger partial charge is 0.481 e. The van der Waals surface area contributed by atoms with Crippen molar-refractivity contribution in [3.05, 3.63) is 41.2 Å². The van der Waals surface area contributed by atoms with E-state index in [4.69, 9.17) is 5.11 Å². The molecule has 0 saturated carbocycles. The van der Waals surface area contributed by atoms with E-state index in [2.05, 4.69) is 10.3 Å². The van der Waals surface area contributed by atoms with Crippen LogP contribution in [0, 0.1) is 18.6 Å². The van der Waals surface area contributed by atoms with E-state index in [9.17, 15) is 13.6 Å². The highest BCUT2D eigenvalue weighted by Crippen LogP contribution is 2.20. The Hall–Kier alpha value is -2.31. The van der Waals surface area contributed by atoms with Crippen LogP contribution in [0.4, 0.5) is 8.78 Å². The summed E-state index contributed by atoms with van der Waals surface area (Å²) in [5.41, 5.74) is 0.643. The lowest BCUT2D eigenvalue weighted by molar-refractivity contribution is -0.137. The third-order valence-corrected chi connectivity index (χ3v) is 3.10. The van der Waals surface area contributed by atoms with Gasteiger partial charge in [0, 0.05) is 6.42 Å². The molecule has 1 aromatic carbocycles. The molecule has 0 bridgehead atoms. The lowest BCUT2D eigenvalue weighted by atomic mass is 10.1. The van der Waals surface area contributed by atoms with E-state index in [1.165, 1.54) is 18.3 Å². The quantitative estimate of drug-likeness (QED) is 0.832. The number of carboxylic acid groups (broad SMARTS) is 1. The van der Waals surface area contributed by atoms with E-state index >= 15 is 0 Å². The minimum absolute atomic E-state index is 0.0925. The van der Waals surface area contributed by atoms with Crippen molar-refractivity contribution >= 4 is 5.97 Å². The Bertz CT molecular complexity index is 656. The highest BCUT2D eigenvalue weighted by molar-refractivity contribution is 5.66. The fraction of sp³-hybridized carbons (Fsp3) is 0.357. The van der Waals surface area contributed by atoms with E-state index in [1.807, 2.05) is 0 Å². The molecule has 0 fully saturated rings. The van der Waals surface area contributed by atoms with Gasteiger partial charge in [-0.25, -0.2) is 13.5 Å². The van der Waals surface area contributed by atoms with Gasteiger partial charge in [-0.05, 0) is 37.8 Å². The maximum atomic E-state index is 14.0. The van der Waals surface area contributed by atoms with Gasteiger partial charge in [0.05, 0.1) is 11.9 Å². The van der Waals surface area contributed by atoms with Crippen molar-refractivity contribution in [2.45, 2.75) is 32.6 Å². The van der Waals surface area contributed by atoms with Gasteiger partial charge in [0.2, 0.25) is 0 Å². The Labute approximate surface area is 120 Å². The van der Waals surface area contributed by atoms with Crippen LogP contribution in [-0.2, 0) is 11.2 Å². The number of hydrogen-bond acceptors (Lipinski definition) is 3. The van der Waals surface area contributed by atoms with Crippen molar-refractivity contribution in [1.82, 2.24) is 15.0 Å². The molecule has 0 unspecified atom stereocenters. The molecule has 0 saturated heterocycles. The number of carbonyl (C=O) groups is 1. The first-order valence-electron chi connectivity index (χ1n) is 6.57. The minimum atomic E-state index is -0.845. The average molecular weight is 295 g/mol. The smallest absolute Gasteiger partial charge is 0.303 e. The number of rotatable bonds is 6. The molecule has 0 amide bonds. The van der Waals surface area contributed by atoms with Gasteiger partial charge >= 0.3 is 5.97 Å². The molecule has 1 N–H and O–H groups in total. The van der Waals surface area contributed by atoms with Gasteiger partial charge in [0.25, 0.3) is 0 Å². The van der Waals surface area contributed by atoms with E-state index in [0.29, 0.717) is 30.5 Å². The highest BCUT2D eigenvalue weighted by Gasteiger charge is 2.15. The Morgan fingerprint density at radius 2 is 2.10 bits per heavy atom. The second-order valence-electron chi connectivity index (χ2n) is 4.78. The normalized spacial score (nSPS) is 10.8. The number of hydrogen-bond donors (Lipinski definition) is 1. The van der Waals surface area contributed by atoms with Crippen LogP contribution < -0.4 is 0 Å². The predicted octanol–water partition coefficient (Wildman–Crippen LogP) is 2.65. The van der Waals surface area contributed by atoms with Crippen molar-refractivity contribution < 1.29 is 18.7 Å². The second-order valence-corrected chi connectivity index (χ2v) is 4.78. The molecule has 0 radical (unpaired) electrons. The predicted molar refractivity (Wildman–Crippen MR) is 71.2 cm³/mol. The van der Waals surface area contributed by atoms with Crippen LogP contribution in [0.2, 0.25) is 0 Å². The number of carboxylic acids is 1. The van der Waals surface area contributed by atoms with Crippen molar-refractivity contribution in [2.75, 3.05) is 0 Å². The molecule has 0 aliphatic carbocycles. The average Bonchev–Trinajstić information content (AvgIpc) is 2.88. The molecule has 2 rings (SSSR count). The monoisotopic (exact) mass is 295 g/mol. The fourth-order valence-corrected chi connectivity index (χ4v) is 1.96. The van der Waals surface area contributed by atoms with Gasteiger partial charge in [-0.15, -0.1) is 5.10 Å². The van der Waals surface area contributed by atoms with Crippen molar-refractivity contribution in [2.24, 2.45) is 0 Å². The van der Waals surface area contributed by atoms with Crippen LogP contribution in [0.15, 0.2) is 18.3 Å². The van der Waals surface area contributed by atoms with E-state index in [0.717, 1.165) is 4.68 Å². The summed E-state index contributed by atoms with van der Waals surface area (Å²) in [5, 5.41) is 16.1. The summed E-state index contributed by atoms with van der Waals surface area (Å²) in [6.45, 7) is 1.54. The van der Waals surface area contributed by atoms with Crippen LogP contribution in [0.1, 0.15) is 30.5 Å². The molecule has 2 aromatic rings. The molecular weight excluding hydrogens is 280 g/mol. The highest BCUT2D eigenvalue weighted by atomic mass is 19.1. The first-order valence-corrected chi connectivity index (χ1v) is 6.57. The van der Waals surface area contributed by atoms with Gasteiger partial charge in [0.15, 0.2) is 11.6 Å². The number of aryl methyl sites for hydroxylation is 2. The maximum Gasteiger partial charge on any atom is 0.303 e. The number of nitrogens with zero attached hydrogens (tertiary/aromatic N) is 3. The number of halogens is 2. The number of unbranched alkanes of at least 4 members (excludes halogenated alkanes) is 1. The van der Waals surface area contributed by atoms with Gasteiger partial charge in [-0.2, -0.15) is 0 Å². The van der Waals surface area contributed by atoms with Gasteiger partial charge in [-0.1, -0.05) is 11.3 Å². The zero-order valence-electron chi connectivity index (χ0n) is 11.5. The third-order valence-electron chi connectivity index (χ3n) is 3.10. The molecule has 0 aliphatic rings. The minimum Gasteiger partial charge on any atom is -0.481 e. The molecule has 1 heterocycles. The zero-order chi connectivity index (χ0) is 15.4. The summed E-state index contributed by atoms with van der Waals surface area (Å²) in [6, 6.07) is 2.54. The molecule has 7 heteroatoms. The summed E-state index contributed by atoms with van der Waals surface area (Å²) in [6.07, 6.45) is 3.22. The van der Waals surface area contributed by atoms with Crippen LogP contribution in [-0.4, -0.2) is 26.1 Å². The van der Waals surface area contributed by atoms with Crippen molar-refractivity contribution in [3.8, 4) is 5.69 Å². The van der Waals surface area contributed by atoms with Gasteiger partial charge in [0.1, 0.15) is 5.69 Å². The first-order chi connectivity index (χ1) is 9.99. The Kier molecular flexibility index (Phi) is 4.62. The molecule has 21 heavy (non-hydrogen) atoms. The summed E-state index contributed by atoms with van der Waals surface area (Å²) in [7, 11) is 0. The summed E-state index contributed by atoms with van der Waals surface area (Å²) in [5.74, 6) is -2.22. The zero-order valence-corrected chi connectivity index (χ0v) is 11.5.